The molecule has 0 aliphatic rings. The number of hydrogen-bond donors (Lipinski definition) is 0. The van der Waals surface area contributed by atoms with Crippen molar-refractivity contribution in [3.63, 3.8) is 0 Å². The lowest BCUT2D eigenvalue weighted by molar-refractivity contribution is -0.0197. The summed E-state index contributed by atoms with van der Waals surface area (Å²) in [5, 5.41) is 4.00. The first-order valence-corrected chi connectivity index (χ1v) is 8.85. The van der Waals surface area contributed by atoms with Crippen LogP contribution in [0.3, 0.4) is 0 Å². The molecule has 2 aromatic rings. The quantitative estimate of drug-likeness (QED) is 0.564. The molecule has 1 heterocycles. The molecule has 156 valence electrons. The van der Waals surface area contributed by atoms with Crippen molar-refractivity contribution in [1.82, 2.24) is 9.94 Å². The van der Waals surface area contributed by atoms with Crippen molar-refractivity contribution in [2.24, 2.45) is 0 Å². The van der Waals surface area contributed by atoms with Crippen molar-refractivity contribution < 1.29 is 28.6 Å². The van der Waals surface area contributed by atoms with Crippen LogP contribution in [-0.4, -0.2) is 33.5 Å². The lowest BCUT2D eigenvalue weighted by Crippen LogP contribution is -2.36. The minimum Gasteiger partial charge on any atom is -0.428 e. The smallest absolute Gasteiger partial charge is 0.428 e. The molecule has 0 radical (unpaired) electrons. The first-order chi connectivity index (χ1) is 13.3. The van der Waals surface area contributed by atoms with Gasteiger partial charge < -0.3 is 14.2 Å². The number of carbonyl (C=O) groups excluding carboxylic acids is 2. The molecule has 0 fully saturated rings. The Hall–Kier alpha value is -3.36. The number of rotatable bonds is 3. The van der Waals surface area contributed by atoms with Gasteiger partial charge in [0, 0.05) is 11.6 Å². The van der Waals surface area contributed by atoms with Gasteiger partial charge in [0.1, 0.15) is 17.0 Å². The molecule has 0 unspecified atom stereocenters. The molecule has 0 aliphatic carbocycles. The molecule has 0 aliphatic heterocycles. The molecule has 2 rings (SSSR count). The highest BCUT2D eigenvalue weighted by Gasteiger charge is 2.20. The molecule has 0 saturated heterocycles. The summed E-state index contributed by atoms with van der Waals surface area (Å²) in [7, 11) is 0. The van der Waals surface area contributed by atoms with Crippen molar-refractivity contribution >= 4 is 12.3 Å². The molecule has 0 bridgehead atoms. The number of nitrogens with zero attached hydrogens (tertiary/aromatic N) is 2. The van der Waals surface area contributed by atoms with Gasteiger partial charge in [-0.15, -0.1) is 5.10 Å². The minimum atomic E-state index is -1.05. The van der Waals surface area contributed by atoms with E-state index in [9.17, 15) is 14.4 Å². The van der Waals surface area contributed by atoms with Gasteiger partial charge in [-0.3, -0.25) is 9.63 Å². The third kappa shape index (κ3) is 7.28. The lowest BCUT2D eigenvalue weighted by Gasteiger charge is -2.18. The van der Waals surface area contributed by atoms with Gasteiger partial charge in [-0.1, -0.05) is 0 Å². The van der Waals surface area contributed by atoms with Crippen LogP contribution < -0.4 is 15.1 Å². The van der Waals surface area contributed by atoms with Crippen LogP contribution in [0, 0.1) is 0 Å². The Morgan fingerprint density at radius 3 is 1.93 bits per heavy atom. The van der Waals surface area contributed by atoms with Crippen molar-refractivity contribution in [1.29, 1.82) is 0 Å². The van der Waals surface area contributed by atoms with E-state index in [0.717, 1.165) is 0 Å². The van der Waals surface area contributed by atoms with Crippen LogP contribution >= 0.6 is 0 Å². The maximum Gasteiger partial charge on any atom is 0.535 e. The molecule has 9 nitrogen and oxygen atoms in total. The van der Waals surface area contributed by atoms with Gasteiger partial charge in [0.05, 0.1) is 5.69 Å². The topological polar surface area (TPSA) is 106 Å². The Bertz CT molecular complexity index is 935. The monoisotopic (exact) mass is 404 g/mol. The number of benzene rings is 1. The number of carbonyl (C=O) groups is 2. The zero-order valence-corrected chi connectivity index (χ0v) is 17.2. The number of hydrogen-bond acceptors (Lipinski definition) is 8. The fourth-order valence-electron chi connectivity index (χ4n) is 2.01. The molecule has 0 amide bonds. The van der Waals surface area contributed by atoms with Crippen LogP contribution in [0.25, 0.3) is 11.3 Å². The first kappa shape index (κ1) is 21.9. The van der Waals surface area contributed by atoms with Crippen molar-refractivity contribution in [3.05, 3.63) is 46.8 Å². The molecule has 0 N–H and O–H groups in total. The van der Waals surface area contributed by atoms with Gasteiger partial charge in [0.2, 0.25) is 0 Å². The van der Waals surface area contributed by atoms with Crippen molar-refractivity contribution in [3.8, 4) is 17.0 Å². The van der Waals surface area contributed by atoms with Crippen molar-refractivity contribution in [2.45, 2.75) is 52.7 Å². The second-order valence-corrected chi connectivity index (χ2v) is 8.08. The van der Waals surface area contributed by atoms with E-state index >= 15 is 0 Å². The van der Waals surface area contributed by atoms with Gasteiger partial charge in [0.15, 0.2) is 0 Å². The second kappa shape index (κ2) is 8.34. The van der Waals surface area contributed by atoms with Crippen LogP contribution in [-0.2, 0) is 9.47 Å². The highest BCUT2D eigenvalue weighted by atomic mass is 16.8. The predicted octanol–water partition coefficient (Wildman–Crippen LogP) is 3.59. The fourth-order valence-corrected chi connectivity index (χ4v) is 2.01. The normalized spacial score (nSPS) is 11.5. The second-order valence-electron chi connectivity index (χ2n) is 8.08. The highest BCUT2D eigenvalue weighted by Crippen LogP contribution is 2.21. The van der Waals surface area contributed by atoms with E-state index in [4.69, 9.17) is 19.0 Å². The molecular formula is C20H24N2O7. The van der Waals surface area contributed by atoms with Crippen LogP contribution in [0.2, 0.25) is 0 Å². The molecule has 9 heteroatoms. The molecule has 0 atom stereocenters. The lowest BCUT2D eigenvalue weighted by atomic mass is 10.1. The minimum absolute atomic E-state index is 0.279. The Kier molecular flexibility index (Phi) is 6.31. The highest BCUT2D eigenvalue weighted by molar-refractivity contribution is 5.66. The summed E-state index contributed by atoms with van der Waals surface area (Å²) in [6.07, 6.45) is -1.87. The van der Waals surface area contributed by atoms with Crippen LogP contribution in [0.1, 0.15) is 41.5 Å². The van der Waals surface area contributed by atoms with Crippen LogP contribution in [0.5, 0.6) is 5.75 Å². The maximum absolute atomic E-state index is 11.9. The summed E-state index contributed by atoms with van der Waals surface area (Å²) >= 11 is 0. The largest absolute Gasteiger partial charge is 0.535 e. The third-order valence-electron chi connectivity index (χ3n) is 3.06. The van der Waals surface area contributed by atoms with E-state index in [1.807, 2.05) is 0 Å². The molecular weight excluding hydrogens is 380 g/mol. The molecule has 1 aromatic heterocycles. The van der Waals surface area contributed by atoms with E-state index in [-0.39, 0.29) is 5.75 Å². The predicted molar refractivity (Wildman–Crippen MR) is 104 cm³/mol. The molecule has 29 heavy (non-hydrogen) atoms. The summed E-state index contributed by atoms with van der Waals surface area (Å²) in [6.45, 7) is 10.2. The summed E-state index contributed by atoms with van der Waals surface area (Å²) < 4.78 is 15.2. The Labute approximate surface area is 168 Å². The third-order valence-corrected chi connectivity index (χ3v) is 3.06. The van der Waals surface area contributed by atoms with E-state index in [0.29, 0.717) is 16.1 Å². The van der Waals surface area contributed by atoms with Gasteiger partial charge in [-0.25, -0.2) is 9.59 Å². The van der Waals surface area contributed by atoms with E-state index in [2.05, 4.69) is 5.10 Å². The first-order valence-electron chi connectivity index (χ1n) is 8.85. The van der Waals surface area contributed by atoms with Crippen molar-refractivity contribution in [2.75, 3.05) is 0 Å². The molecule has 0 spiro atoms. The summed E-state index contributed by atoms with van der Waals surface area (Å²) in [5.41, 5.74) is -1.12. The fraction of sp³-hybridized carbons (Fsp3) is 0.400. The SMILES string of the molecule is CC(C)(C)OC(=O)Oc1ccc(-c2ccc(=O)n(OC(=O)OC(C)(C)C)n2)cc1. The van der Waals surface area contributed by atoms with E-state index in [1.165, 1.54) is 12.1 Å². The zero-order valence-electron chi connectivity index (χ0n) is 17.2. The Balaban J connectivity index is 2.13. The molecule has 0 saturated carbocycles. The Morgan fingerprint density at radius 1 is 0.828 bits per heavy atom. The van der Waals surface area contributed by atoms with E-state index in [1.54, 1.807) is 65.8 Å². The summed E-state index contributed by atoms with van der Waals surface area (Å²) in [6, 6.07) is 9.03. The molecule has 1 aromatic carbocycles. The Morgan fingerprint density at radius 2 is 1.38 bits per heavy atom. The van der Waals surface area contributed by atoms with Gasteiger partial charge in [0.25, 0.3) is 0 Å². The summed E-state index contributed by atoms with van der Waals surface area (Å²) in [4.78, 5) is 40.8. The summed E-state index contributed by atoms with van der Waals surface area (Å²) in [5.74, 6) is 0.279. The zero-order chi connectivity index (χ0) is 21.8. The van der Waals surface area contributed by atoms with Gasteiger partial charge >= 0.3 is 17.9 Å². The van der Waals surface area contributed by atoms with Crippen LogP contribution in [0.4, 0.5) is 9.59 Å². The van der Waals surface area contributed by atoms with Crippen LogP contribution in [0.15, 0.2) is 41.2 Å². The van der Waals surface area contributed by atoms with Gasteiger partial charge in [-0.2, -0.15) is 0 Å². The number of ether oxygens (including phenoxy) is 3. The van der Waals surface area contributed by atoms with E-state index < -0.39 is 29.1 Å². The maximum atomic E-state index is 11.9. The average Bonchev–Trinajstić information content (AvgIpc) is 2.54. The average molecular weight is 404 g/mol. The number of aromatic nitrogens is 2. The standard InChI is InChI=1S/C20H24N2O7/c1-19(2,3)27-17(24)26-14-9-7-13(8-10-14)15-11-12-16(23)22(21-15)29-18(25)28-20(4,5)6/h7-12H,1-6H3. The van der Waals surface area contributed by atoms with Gasteiger partial charge in [-0.05, 0) is 76.7 Å².